The summed E-state index contributed by atoms with van der Waals surface area (Å²) in [6, 6.07) is 4.43. The lowest BCUT2D eigenvalue weighted by Gasteiger charge is -2.34. The Kier molecular flexibility index (Phi) is 4.34. The fourth-order valence-corrected chi connectivity index (χ4v) is 3.59. The molecule has 0 unspecified atom stereocenters. The number of furan rings is 1. The van der Waals surface area contributed by atoms with Gasteiger partial charge < -0.3 is 9.52 Å². The molecule has 4 heteroatoms. The summed E-state index contributed by atoms with van der Waals surface area (Å²) >= 11 is 0. The summed E-state index contributed by atoms with van der Waals surface area (Å²) < 4.78 is 5.46. The van der Waals surface area contributed by atoms with Gasteiger partial charge in [-0.2, -0.15) is 0 Å². The Morgan fingerprint density at radius 2 is 2.00 bits per heavy atom. The highest BCUT2D eigenvalue weighted by atomic mass is 16.4. The van der Waals surface area contributed by atoms with Crippen LogP contribution in [0, 0.1) is 5.41 Å². The molecule has 0 atom stereocenters. The second-order valence-corrected chi connectivity index (χ2v) is 6.72. The monoisotopic (exact) mass is 291 g/mol. The van der Waals surface area contributed by atoms with Gasteiger partial charge in [-0.1, -0.05) is 25.7 Å². The van der Waals surface area contributed by atoms with Crippen LogP contribution in [0.4, 0.5) is 0 Å². The summed E-state index contributed by atoms with van der Waals surface area (Å²) in [7, 11) is 0. The van der Waals surface area contributed by atoms with Gasteiger partial charge in [0.05, 0.1) is 18.2 Å². The molecule has 0 radical (unpaired) electrons. The highest BCUT2D eigenvalue weighted by molar-refractivity contribution is 5.75. The van der Waals surface area contributed by atoms with Gasteiger partial charge in [-0.05, 0) is 37.8 Å². The van der Waals surface area contributed by atoms with Crippen LogP contribution in [-0.4, -0.2) is 28.6 Å². The molecule has 0 amide bonds. The van der Waals surface area contributed by atoms with Crippen LogP contribution in [0.5, 0.6) is 0 Å². The maximum Gasteiger partial charge on any atom is 0.310 e. The van der Waals surface area contributed by atoms with Crippen molar-refractivity contribution in [2.75, 3.05) is 6.54 Å². The minimum atomic E-state index is -0.602. The van der Waals surface area contributed by atoms with Crippen molar-refractivity contribution in [2.24, 2.45) is 5.41 Å². The van der Waals surface area contributed by atoms with Crippen molar-refractivity contribution in [1.29, 1.82) is 0 Å². The van der Waals surface area contributed by atoms with E-state index in [0.717, 1.165) is 38.0 Å². The lowest BCUT2D eigenvalue weighted by molar-refractivity contribution is -0.151. The predicted molar refractivity (Wildman–Crippen MR) is 79.9 cm³/mol. The molecule has 1 aromatic heterocycles. The normalized spacial score (nSPS) is 22.1. The summed E-state index contributed by atoms with van der Waals surface area (Å²) in [6.45, 7) is 1.42. The lowest BCUT2D eigenvalue weighted by atomic mass is 9.79. The van der Waals surface area contributed by atoms with Crippen molar-refractivity contribution >= 4 is 5.97 Å². The van der Waals surface area contributed by atoms with Crippen molar-refractivity contribution in [3.8, 4) is 0 Å². The molecule has 1 aromatic rings. The Hall–Kier alpha value is -1.29. The lowest BCUT2D eigenvalue weighted by Crippen LogP contribution is -2.43. The van der Waals surface area contributed by atoms with Crippen molar-refractivity contribution < 1.29 is 14.3 Å². The first-order valence-electron chi connectivity index (χ1n) is 8.19. The van der Waals surface area contributed by atoms with Crippen LogP contribution in [-0.2, 0) is 11.3 Å². The zero-order valence-electron chi connectivity index (χ0n) is 12.6. The number of carboxylic acids is 1. The van der Waals surface area contributed by atoms with E-state index in [9.17, 15) is 9.90 Å². The Labute approximate surface area is 126 Å². The van der Waals surface area contributed by atoms with Crippen LogP contribution < -0.4 is 0 Å². The quantitative estimate of drug-likeness (QED) is 0.812. The van der Waals surface area contributed by atoms with E-state index >= 15 is 0 Å². The summed E-state index contributed by atoms with van der Waals surface area (Å²) in [5, 5.41) is 9.84. The zero-order valence-corrected chi connectivity index (χ0v) is 12.6. The molecule has 0 spiro atoms. The number of nitrogens with zero attached hydrogens (tertiary/aromatic N) is 1. The Balaban J connectivity index is 1.73. The Morgan fingerprint density at radius 1 is 1.29 bits per heavy atom. The molecule has 21 heavy (non-hydrogen) atoms. The number of aliphatic carboxylic acids is 1. The van der Waals surface area contributed by atoms with Crippen LogP contribution in [0.2, 0.25) is 0 Å². The Bertz CT molecular complexity index is 456. The molecule has 2 fully saturated rings. The fourth-order valence-electron chi connectivity index (χ4n) is 3.59. The maximum atomic E-state index is 12.0. The van der Waals surface area contributed by atoms with Gasteiger partial charge >= 0.3 is 5.97 Å². The number of hydrogen-bond donors (Lipinski definition) is 1. The second kappa shape index (κ2) is 6.22. The van der Waals surface area contributed by atoms with E-state index in [-0.39, 0.29) is 0 Å². The number of rotatable bonds is 6. The molecule has 0 bridgehead atoms. The van der Waals surface area contributed by atoms with Gasteiger partial charge in [-0.25, -0.2) is 0 Å². The van der Waals surface area contributed by atoms with Gasteiger partial charge in [0, 0.05) is 12.6 Å². The molecule has 3 rings (SSSR count). The average molecular weight is 291 g/mol. The molecule has 2 aliphatic carbocycles. The maximum absolute atomic E-state index is 12.0. The fraction of sp³-hybridized carbons (Fsp3) is 0.706. The molecule has 4 nitrogen and oxygen atoms in total. The summed E-state index contributed by atoms with van der Waals surface area (Å²) in [5.41, 5.74) is -0.550. The van der Waals surface area contributed by atoms with E-state index in [1.807, 2.05) is 12.1 Å². The molecule has 2 saturated carbocycles. The molecule has 1 N–H and O–H groups in total. The van der Waals surface area contributed by atoms with Crippen LogP contribution in [0.1, 0.15) is 57.1 Å². The summed E-state index contributed by atoms with van der Waals surface area (Å²) in [5.74, 6) is 0.338. The minimum Gasteiger partial charge on any atom is -0.481 e. The second-order valence-electron chi connectivity index (χ2n) is 6.72. The molecule has 0 saturated heterocycles. The van der Waals surface area contributed by atoms with E-state index in [4.69, 9.17) is 4.42 Å². The van der Waals surface area contributed by atoms with Gasteiger partial charge in [0.2, 0.25) is 0 Å². The van der Waals surface area contributed by atoms with E-state index in [1.54, 1.807) is 6.26 Å². The zero-order chi connectivity index (χ0) is 14.7. The number of hydrogen-bond acceptors (Lipinski definition) is 3. The third kappa shape index (κ3) is 3.49. The van der Waals surface area contributed by atoms with Gasteiger partial charge in [0.15, 0.2) is 0 Å². The largest absolute Gasteiger partial charge is 0.481 e. The van der Waals surface area contributed by atoms with Crippen LogP contribution in [0.15, 0.2) is 22.8 Å². The predicted octanol–water partition coefficient (Wildman–Crippen LogP) is 3.67. The van der Waals surface area contributed by atoms with E-state index in [0.29, 0.717) is 12.6 Å². The van der Waals surface area contributed by atoms with E-state index in [1.165, 1.54) is 25.7 Å². The highest BCUT2D eigenvalue weighted by Gasteiger charge is 2.43. The summed E-state index contributed by atoms with van der Waals surface area (Å²) in [6.07, 6.45) is 10.2. The van der Waals surface area contributed by atoms with Gasteiger partial charge in [0.1, 0.15) is 5.76 Å². The van der Waals surface area contributed by atoms with Crippen LogP contribution in [0.25, 0.3) is 0 Å². The molecular weight excluding hydrogens is 266 g/mol. The molecular formula is C17H25NO3. The topological polar surface area (TPSA) is 53.7 Å². The standard InChI is InChI=1S/C17H25NO3/c19-16(20)17(9-3-1-2-4-10-17)13-18(14-7-8-14)12-15-6-5-11-21-15/h5-6,11,14H,1-4,7-10,12-13H2,(H,19,20). The first kappa shape index (κ1) is 14.6. The third-order valence-corrected chi connectivity index (χ3v) is 5.02. The number of carbonyl (C=O) groups is 1. The van der Waals surface area contributed by atoms with Gasteiger partial charge in [0.25, 0.3) is 0 Å². The van der Waals surface area contributed by atoms with E-state index in [2.05, 4.69) is 4.90 Å². The van der Waals surface area contributed by atoms with Crippen molar-refractivity contribution in [2.45, 2.75) is 64.0 Å². The Morgan fingerprint density at radius 3 is 2.52 bits per heavy atom. The smallest absolute Gasteiger partial charge is 0.310 e. The average Bonchev–Trinajstić information content (AvgIpc) is 3.23. The molecule has 0 aromatic carbocycles. The SMILES string of the molecule is O=C(O)C1(CN(Cc2ccco2)C2CC2)CCCCCC1. The summed E-state index contributed by atoms with van der Waals surface area (Å²) in [4.78, 5) is 14.3. The third-order valence-electron chi connectivity index (χ3n) is 5.02. The first-order valence-corrected chi connectivity index (χ1v) is 8.19. The molecule has 2 aliphatic rings. The van der Waals surface area contributed by atoms with Gasteiger partial charge in [-0.3, -0.25) is 9.69 Å². The van der Waals surface area contributed by atoms with Crippen molar-refractivity contribution in [3.63, 3.8) is 0 Å². The number of carboxylic acid groups (broad SMARTS) is 1. The van der Waals surface area contributed by atoms with Crippen molar-refractivity contribution in [1.82, 2.24) is 4.90 Å². The highest BCUT2D eigenvalue weighted by Crippen LogP contribution is 2.39. The van der Waals surface area contributed by atoms with E-state index < -0.39 is 11.4 Å². The molecule has 116 valence electrons. The minimum absolute atomic E-state index is 0.550. The first-order chi connectivity index (χ1) is 10.2. The molecule has 1 heterocycles. The molecule has 0 aliphatic heterocycles. The van der Waals surface area contributed by atoms with Gasteiger partial charge in [-0.15, -0.1) is 0 Å². The van der Waals surface area contributed by atoms with Crippen LogP contribution in [0.3, 0.4) is 0 Å². The van der Waals surface area contributed by atoms with Crippen LogP contribution >= 0.6 is 0 Å². The van der Waals surface area contributed by atoms with Crippen molar-refractivity contribution in [3.05, 3.63) is 24.2 Å².